The Balaban J connectivity index is 0.000000217. The number of carbonyl (C=O) groups is 4. The van der Waals surface area contributed by atoms with Crippen molar-refractivity contribution in [2.24, 2.45) is 0 Å². The highest BCUT2D eigenvalue weighted by Crippen LogP contribution is 2.60. The molecule has 8 heterocycles. The summed E-state index contributed by atoms with van der Waals surface area (Å²) in [6.07, 6.45) is 34.2. The van der Waals surface area contributed by atoms with Crippen LogP contribution in [0.5, 0.6) is 0 Å². The first-order valence-corrected chi connectivity index (χ1v) is 35.9. The monoisotopic (exact) mass is 1270 g/mol. The molecule has 0 saturated heterocycles. The van der Waals surface area contributed by atoms with E-state index in [0.717, 1.165) is 120 Å². The highest BCUT2D eigenvalue weighted by atomic mass is 79.9. The fourth-order valence-corrected chi connectivity index (χ4v) is 20.8. The standard InChI is InChI=1S/C30H36Br2O2S4.C30H38O2S4/c1-3-5-7-9-11-13-15-19-17-21(31)35-25(19)23-27-28(38-29(23)33)24(30(34)37-27)26-20(18-22(32)36-26)16-14-12-10-8-6-4-2;1-3-5-7-9-11-13-15-21-17-19-33-25(21)23-27-28(36-29(23)31)24(30(32)35-27)26-22(18-20-34-26)16-14-12-10-8-6-4-2/h17-18H,3-16H2,1-2H3;17-20H,3-16H2,1-2H3. The summed E-state index contributed by atoms with van der Waals surface area (Å²) in [6.45, 7) is 8.98. The van der Waals surface area contributed by atoms with Gasteiger partial charge in [0.1, 0.15) is 0 Å². The fraction of sp³-hybridized carbons (Fsp3) is 0.533. The van der Waals surface area contributed by atoms with Crippen molar-refractivity contribution >= 4 is 167 Å². The van der Waals surface area contributed by atoms with Crippen molar-refractivity contribution in [1.29, 1.82) is 0 Å². The third kappa shape index (κ3) is 16.0. The molecule has 0 aromatic carbocycles. The van der Waals surface area contributed by atoms with Gasteiger partial charge in [-0.05, 0) is 188 Å². The molecular weight excluding hydrogens is 1200 g/mol. The van der Waals surface area contributed by atoms with Crippen LogP contribution in [0.15, 0.2) is 62.2 Å². The molecule has 400 valence electrons. The Morgan fingerprint density at radius 2 is 0.595 bits per heavy atom. The van der Waals surface area contributed by atoms with Crippen molar-refractivity contribution < 1.29 is 19.2 Å². The van der Waals surface area contributed by atoms with Gasteiger partial charge >= 0.3 is 0 Å². The van der Waals surface area contributed by atoms with Gasteiger partial charge in [0.05, 0.1) is 29.9 Å². The average Bonchev–Trinajstić information content (AvgIpc) is 4.28. The quantitative estimate of drug-likeness (QED) is 0.0448. The van der Waals surface area contributed by atoms with Crippen LogP contribution in [0.2, 0.25) is 0 Å². The molecule has 0 saturated carbocycles. The zero-order valence-electron chi connectivity index (χ0n) is 43.9. The van der Waals surface area contributed by atoms with Gasteiger partial charge in [-0.25, -0.2) is 0 Å². The lowest BCUT2D eigenvalue weighted by Gasteiger charge is -2.06. The van der Waals surface area contributed by atoms with Crippen LogP contribution in [0.3, 0.4) is 0 Å². The molecule has 0 fully saturated rings. The second-order valence-corrected chi connectivity index (χ2v) is 30.4. The number of hydrogen-bond donors (Lipinski definition) is 0. The number of rotatable bonds is 32. The summed E-state index contributed by atoms with van der Waals surface area (Å²) in [4.78, 5) is 61.2. The lowest BCUT2D eigenvalue weighted by molar-refractivity contribution is -0.107. The minimum Gasteiger partial charge on any atom is -0.281 e. The first-order valence-electron chi connectivity index (χ1n) is 27.7. The van der Waals surface area contributed by atoms with E-state index in [1.54, 1.807) is 45.3 Å². The van der Waals surface area contributed by atoms with E-state index >= 15 is 0 Å². The van der Waals surface area contributed by atoms with Crippen LogP contribution in [0.25, 0.3) is 22.3 Å². The first kappa shape index (κ1) is 60.4. The van der Waals surface area contributed by atoms with Gasteiger partial charge in [-0.2, -0.15) is 0 Å². The number of thiophene rings is 4. The average molecular weight is 1280 g/mol. The first-order chi connectivity index (χ1) is 36.1. The molecule has 0 N–H and O–H groups in total. The molecular formula is C60H74Br2O4S8. The van der Waals surface area contributed by atoms with E-state index in [9.17, 15) is 19.2 Å². The van der Waals surface area contributed by atoms with Crippen molar-refractivity contribution in [3.8, 4) is 0 Å². The molecule has 4 aliphatic heterocycles. The Labute approximate surface area is 492 Å². The summed E-state index contributed by atoms with van der Waals surface area (Å²) < 4.78 is 2.10. The van der Waals surface area contributed by atoms with Gasteiger partial charge in [0.15, 0.2) is 0 Å². The number of aryl methyl sites for hydroxylation is 4. The van der Waals surface area contributed by atoms with Gasteiger partial charge in [-0.1, -0.05) is 156 Å². The molecule has 0 bridgehead atoms. The molecule has 8 rings (SSSR count). The minimum atomic E-state index is 0.0825. The van der Waals surface area contributed by atoms with E-state index < -0.39 is 0 Å². The Bertz CT molecular complexity index is 2520. The molecule has 0 aliphatic carbocycles. The highest BCUT2D eigenvalue weighted by Gasteiger charge is 2.44. The number of unbranched alkanes of at least 4 members (excludes halogenated alkanes) is 20. The maximum Gasteiger partial charge on any atom is 0.226 e. The summed E-state index contributed by atoms with van der Waals surface area (Å²) in [5.74, 6) is 0. The van der Waals surface area contributed by atoms with Gasteiger partial charge in [-0.15, -0.1) is 45.3 Å². The summed E-state index contributed by atoms with van der Waals surface area (Å²) in [6, 6.07) is 8.71. The van der Waals surface area contributed by atoms with Crippen LogP contribution in [0.4, 0.5) is 0 Å². The van der Waals surface area contributed by atoms with E-state index in [-0.39, 0.29) is 20.5 Å². The maximum absolute atomic E-state index is 13.4. The minimum absolute atomic E-state index is 0.0825. The topological polar surface area (TPSA) is 68.3 Å². The molecule has 4 aromatic rings. The van der Waals surface area contributed by atoms with Crippen LogP contribution >= 0.6 is 124 Å². The van der Waals surface area contributed by atoms with Crippen molar-refractivity contribution in [3.63, 3.8) is 0 Å². The third-order valence-corrected chi connectivity index (χ3v) is 23.7. The molecule has 0 amide bonds. The van der Waals surface area contributed by atoms with Crippen LogP contribution in [-0.2, 0) is 44.9 Å². The number of fused-ring (bicyclic) bond motifs is 2. The van der Waals surface area contributed by atoms with Crippen molar-refractivity contribution in [2.75, 3.05) is 0 Å². The third-order valence-electron chi connectivity index (χ3n) is 14.1. The van der Waals surface area contributed by atoms with Crippen molar-refractivity contribution in [1.82, 2.24) is 0 Å². The zero-order valence-corrected chi connectivity index (χ0v) is 53.6. The Hall–Kier alpha value is -1.20. The molecule has 4 aliphatic rings. The van der Waals surface area contributed by atoms with Crippen LogP contribution in [0, 0.1) is 0 Å². The SMILES string of the molecule is CCCCCCCCc1cc(Br)sc1C1=C2SC(=O)C(c3sc(Br)cc3CCCCCCCC)=C2SC1=O.CCCCCCCCc1ccsc1C1=C2SC(=O)C(c3sccc3CCCCCCCC)=C2SC1=O. The van der Waals surface area contributed by atoms with E-state index in [0.29, 0.717) is 0 Å². The van der Waals surface area contributed by atoms with Gasteiger partial charge in [0.25, 0.3) is 0 Å². The molecule has 14 heteroatoms. The van der Waals surface area contributed by atoms with Crippen LogP contribution in [0.1, 0.15) is 224 Å². The smallest absolute Gasteiger partial charge is 0.226 e. The maximum atomic E-state index is 13.4. The second-order valence-electron chi connectivity index (χ2n) is 19.8. The number of hydrogen-bond acceptors (Lipinski definition) is 12. The Morgan fingerprint density at radius 1 is 0.338 bits per heavy atom. The van der Waals surface area contributed by atoms with E-state index in [1.807, 2.05) is 0 Å². The summed E-state index contributed by atoms with van der Waals surface area (Å²) in [5, 5.41) is 4.60. The number of thioether (sulfide) groups is 4. The molecule has 0 atom stereocenters. The lowest BCUT2D eigenvalue weighted by Crippen LogP contribution is -1.98. The summed E-state index contributed by atoms with van der Waals surface area (Å²) >= 11 is 19.0. The van der Waals surface area contributed by atoms with Gasteiger partial charge in [0, 0.05) is 39.1 Å². The van der Waals surface area contributed by atoms with Crippen LogP contribution in [-0.4, -0.2) is 20.5 Å². The predicted octanol–water partition coefficient (Wildman–Crippen LogP) is 22.1. The Morgan fingerprint density at radius 3 is 0.892 bits per heavy atom. The summed E-state index contributed by atoms with van der Waals surface area (Å²) in [5.41, 5.74) is 8.09. The molecule has 74 heavy (non-hydrogen) atoms. The van der Waals surface area contributed by atoms with Crippen molar-refractivity contribution in [3.05, 3.63) is 104 Å². The number of carbonyl (C=O) groups excluding carboxylic acids is 4. The second kappa shape index (κ2) is 31.6. The highest BCUT2D eigenvalue weighted by molar-refractivity contribution is 9.11. The zero-order chi connectivity index (χ0) is 52.4. The Kier molecular flexibility index (Phi) is 25.8. The summed E-state index contributed by atoms with van der Waals surface area (Å²) in [7, 11) is 0. The van der Waals surface area contributed by atoms with Crippen molar-refractivity contribution in [2.45, 2.75) is 207 Å². The van der Waals surface area contributed by atoms with Gasteiger partial charge in [-0.3, -0.25) is 19.2 Å². The normalized spacial score (nSPS) is 15.5. The van der Waals surface area contributed by atoms with E-state index in [1.165, 1.54) is 198 Å². The lowest BCUT2D eigenvalue weighted by atomic mass is 10.0. The largest absolute Gasteiger partial charge is 0.281 e. The van der Waals surface area contributed by atoms with E-state index in [4.69, 9.17) is 0 Å². The van der Waals surface area contributed by atoms with Crippen LogP contribution < -0.4 is 0 Å². The predicted molar refractivity (Wildman–Crippen MR) is 339 cm³/mol. The van der Waals surface area contributed by atoms with Gasteiger partial charge in [0.2, 0.25) is 20.5 Å². The molecule has 0 unspecified atom stereocenters. The van der Waals surface area contributed by atoms with Gasteiger partial charge < -0.3 is 0 Å². The molecule has 4 aromatic heterocycles. The molecule has 0 radical (unpaired) electrons. The number of halogens is 2. The fourth-order valence-electron chi connectivity index (χ4n) is 10.0. The van der Waals surface area contributed by atoms with E-state index in [2.05, 4.69) is 94.6 Å². The molecule has 0 spiro atoms. The molecule has 4 nitrogen and oxygen atoms in total.